The van der Waals surface area contributed by atoms with Gasteiger partial charge in [0.15, 0.2) is 0 Å². The second kappa shape index (κ2) is 9.62. The molecular formula is C28H26N2O5. The Hall–Kier alpha value is -4.13. The number of carbonyl (C=O) groups is 3. The Kier molecular flexibility index (Phi) is 6.23. The van der Waals surface area contributed by atoms with Crippen LogP contribution in [0.1, 0.15) is 41.9 Å². The van der Waals surface area contributed by atoms with Gasteiger partial charge in [0.25, 0.3) is 0 Å². The lowest BCUT2D eigenvalue weighted by Gasteiger charge is -2.24. The van der Waals surface area contributed by atoms with Gasteiger partial charge in [-0.05, 0) is 46.4 Å². The molecule has 2 amide bonds. The van der Waals surface area contributed by atoms with E-state index in [1.807, 2.05) is 30.3 Å². The largest absolute Gasteiger partial charge is 0.481 e. The lowest BCUT2D eigenvalue weighted by Crippen LogP contribution is -2.34. The van der Waals surface area contributed by atoms with Crippen molar-refractivity contribution < 1.29 is 24.2 Å². The number of anilines is 1. The first kappa shape index (κ1) is 22.7. The van der Waals surface area contributed by atoms with E-state index in [1.54, 1.807) is 23.1 Å². The van der Waals surface area contributed by atoms with E-state index in [0.717, 1.165) is 16.7 Å². The number of amides is 2. The molecule has 0 spiro atoms. The number of ether oxygens (including phenoxy) is 1. The van der Waals surface area contributed by atoms with Crippen LogP contribution in [-0.2, 0) is 20.9 Å². The Labute approximate surface area is 203 Å². The molecule has 7 heteroatoms. The lowest BCUT2D eigenvalue weighted by atomic mass is 9.98. The molecule has 1 saturated heterocycles. The maximum atomic E-state index is 12.6. The van der Waals surface area contributed by atoms with Crippen LogP contribution in [0.4, 0.5) is 10.5 Å². The minimum absolute atomic E-state index is 0.0215. The van der Waals surface area contributed by atoms with Crippen LogP contribution in [-0.4, -0.2) is 40.6 Å². The van der Waals surface area contributed by atoms with Crippen LogP contribution >= 0.6 is 0 Å². The van der Waals surface area contributed by atoms with Crippen LogP contribution < -0.4 is 5.32 Å². The predicted molar refractivity (Wildman–Crippen MR) is 131 cm³/mol. The van der Waals surface area contributed by atoms with Crippen LogP contribution in [0.25, 0.3) is 11.1 Å². The number of hydrogen-bond acceptors (Lipinski definition) is 4. The third-order valence-electron chi connectivity index (χ3n) is 6.73. The van der Waals surface area contributed by atoms with E-state index in [0.29, 0.717) is 25.1 Å². The van der Waals surface area contributed by atoms with Gasteiger partial charge in [0.05, 0.1) is 6.42 Å². The zero-order chi connectivity index (χ0) is 24.4. The van der Waals surface area contributed by atoms with E-state index in [4.69, 9.17) is 9.84 Å². The average Bonchev–Trinajstić information content (AvgIpc) is 3.35. The van der Waals surface area contributed by atoms with E-state index in [9.17, 15) is 14.4 Å². The molecule has 1 aliphatic heterocycles. The topological polar surface area (TPSA) is 95.9 Å². The molecule has 1 unspecified atom stereocenters. The summed E-state index contributed by atoms with van der Waals surface area (Å²) in [6, 6.07) is 23.2. The van der Waals surface area contributed by atoms with E-state index in [-0.39, 0.29) is 30.9 Å². The molecule has 3 aromatic carbocycles. The number of aliphatic carboxylic acids is 1. The van der Waals surface area contributed by atoms with Crippen molar-refractivity contribution in [3.63, 3.8) is 0 Å². The zero-order valence-corrected chi connectivity index (χ0v) is 19.1. The number of carboxylic acid groups (broad SMARTS) is 1. The number of carboxylic acids is 1. The van der Waals surface area contributed by atoms with Crippen LogP contribution in [0.3, 0.4) is 0 Å². The highest BCUT2D eigenvalue weighted by Crippen LogP contribution is 2.44. The van der Waals surface area contributed by atoms with Crippen molar-refractivity contribution >= 4 is 23.7 Å². The molecule has 2 aliphatic rings. The summed E-state index contributed by atoms with van der Waals surface area (Å²) in [5, 5.41) is 11.9. The van der Waals surface area contributed by atoms with Gasteiger partial charge < -0.3 is 14.7 Å². The van der Waals surface area contributed by atoms with Crippen molar-refractivity contribution in [2.24, 2.45) is 0 Å². The maximum absolute atomic E-state index is 12.6. The molecule has 0 aromatic heterocycles. The number of fused-ring (bicyclic) bond motifs is 3. The number of benzene rings is 3. The molecule has 2 N–H and O–H groups in total. The molecular weight excluding hydrogens is 444 g/mol. The van der Waals surface area contributed by atoms with Gasteiger partial charge in [-0.2, -0.15) is 0 Å². The summed E-state index contributed by atoms with van der Waals surface area (Å²) in [6.45, 7) is 0.524. The number of likely N-dealkylation sites (tertiary alicyclic amines) is 1. The SMILES string of the molecule is O=C(O)CC1CCC(=O)N1Cc1cccc(NC(=O)OCC2c3ccccc3-c3ccccc32)c1. The first-order valence-electron chi connectivity index (χ1n) is 11.7. The van der Waals surface area contributed by atoms with Gasteiger partial charge in [-0.25, -0.2) is 4.79 Å². The van der Waals surface area contributed by atoms with Crippen molar-refractivity contribution in [2.75, 3.05) is 11.9 Å². The molecule has 1 fully saturated rings. The molecule has 3 aromatic rings. The third-order valence-corrected chi connectivity index (χ3v) is 6.73. The van der Waals surface area contributed by atoms with Crippen LogP contribution in [0.15, 0.2) is 72.8 Å². The predicted octanol–water partition coefficient (Wildman–Crippen LogP) is 5.01. The maximum Gasteiger partial charge on any atom is 0.411 e. The first-order chi connectivity index (χ1) is 17.0. The summed E-state index contributed by atoms with van der Waals surface area (Å²) in [5.41, 5.74) is 6.00. The van der Waals surface area contributed by atoms with E-state index >= 15 is 0 Å². The van der Waals surface area contributed by atoms with E-state index < -0.39 is 12.1 Å². The summed E-state index contributed by atoms with van der Waals surface area (Å²) in [7, 11) is 0. The van der Waals surface area contributed by atoms with Crippen LogP contribution in [0, 0.1) is 0 Å². The van der Waals surface area contributed by atoms with Crippen molar-refractivity contribution in [3.8, 4) is 11.1 Å². The fraction of sp³-hybridized carbons (Fsp3) is 0.250. The normalized spacial score (nSPS) is 16.6. The molecule has 1 atom stereocenters. The Bertz CT molecular complexity index is 1240. The molecule has 7 nitrogen and oxygen atoms in total. The second-order valence-electron chi connectivity index (χ2n) is 8.96. The number of nitrogens with one attached hydrogen (secondary N) is 1. The molecule has 178 valence electrons. The molecule has 0 bridgehead atoms. The molecule has 35 heavy (non-hydrogen) atoms. The second-order valence-corrected chi connectivity index (χ2v) is 8.96. The van der Waals surface area contributed by atoms with Crippen LogP contribution in [0.5, 0.6) is 0 Å². The minimum atomic E-state index is -0.916. The molecule has 5 rings (SSSR count). The standard InChI is InChI=1S/C28H26N2O5/c31-26-13-12-20(15-27(32)33)30(26)16-18-6-5-7-19(14-18)29-28(34)35-17-25-23-10-3-1-8-21(23)22-9-2-4-11-24(22)25/h1-11,14,20,25H,12-13,15-17H2,(H,29,34)(H,32,33). The number of rotatable bonds is 7. The Morgan fingerprint density at radius 1 is 0.971 bits per heavy atom. The van der Waals surface area contributed by atoms with Gasteiger partial charge in [0, 0.05) is 30.6 Å². The molecule has 0 radical (unpaired) electrons. The fourth-order valence-electron chi connectivity index (χ4n) is 5.12. The van der Waals surface area contributed by atoms with Gasteiger partial charge in [-0.1, -0.05) is 60.7 Å². The fourth-order valence-corrected chi connectivity index (χ4v) is 5.12. The number of carbonyl (C=O) groups excluding carboxylic acids is 2. The average molecular weight is 471 g/mol. The minimum Gasteiger partial charge on any atom is -0.481 e. The van der Waals surface area contributed by atoms with E-state index in [1.165, 1.54) is 11.1 Å². The number of nitrogens with zero attached hydrogens (tertiary/aromatic N) is 1. The van der Waals surface area contributed by atoms with Gasteiger partial charge in [-0.15, -0.1) is 0 Å². The monoisotopic (exact) mass is 470 g/mol. The first-order valence-corrected chi connectivity index (χ1v) is 11.7. The summed E-state index contributed by atoms with van der Waals surface area (Å²) >= 11 is 0. The van der Waals surface area contributed by atoms with Gasteiger partial charge in [0.2, 0.25) is 5.91 Å². The molecule has 1 aliphatic carbocycles. The summed E-state index contributed by atoms with van der Waals surface area (Å²) in [6.07, 6.45) is 0.284. The Morgan fingerprint density at radius 2 is 1.66 bits per heavy atom. The summed E-state index contributed by atoms with van der Waals surface area (Å²) in [5.74, 6) is -0.988. The van der Waals surface area contributed by atoms with Crippen molar-refractivity contribution in [1.29, 1.82) is 0 Å². The highest BCUT2D eigenvalue weighted by molar-refractivity contribution is 5.85. The molecule has 0 saturated carbocycles. The van der Waals surface area contributed by atoms with Crippen LogP contribution in [0.2, 0.25) is 0 Å². The van der Waals surface area contributed by atoms with E-state index in [2.05, 4.69) is 29.6 Å². The number of hydrogen-bond donors (Lipinski definition) is 2. The third kappa shape index (κ3) is 4.75. The smallest absolute Gasteiger partial charge is 0.411 e. The Balaban J connectivity index is 1.23. The quantitative estimate of drug-likeness (QED) is 0.506. The Morgan fingerprint density at radius 3 is 2.34 bits per heavy atom. The lowest BCUT2D eigenvalue weighted by molar-refractivity contribution is -0.139. The highest BCUT2D eigenvalue weighted by Gasteiger charge is 2.32. The van der Waals surface area contributed by atoms with Gasteiger partial charge in [0.1, 0.15) is 6.61 Å². The van der Waals surface area contributed by atoms with Crippen molar-refractivity contribution in [3.05, 3.63) is 89.5 Å². The van der Waals surface area contributed by atoms with Crippen molar-refractivity contribution in [1.82, 2.24) is 4.90 Å². The van der Waals surface area contributed by atoms with Crippen molar-refractivity contribution in [2.45, 2.75) is 37.8 Å². The molecule has 1 heterocycles. The zero-order valence-electron chi connectivity index (χ0n) is 19.1. The van der Waals surface area contributed by atoms with Gasteiger partial charge >= 0.3 is 12.1 Å². The summed E-state index contributed by atoms with van der Waals surface area (Å²) in [4.78, 5) is 37.6. The highest BCUT2D eigenvalue weighted by atomic mass is 16.5. The van der Waals surface area contributed by atoms with Gasteiger partial charge in [-0.3, -0.25) is 14.9 Å². The summed E-state index contributed by atoms with van der Waals surface area (Å²) < 4.78 is 5.61.